The standard InChI is InChI=1S/C14H18O4S/c1-2-4-13(14(15)16)19-10-5-6-11-12(9-10)18-8-3-7-17-11/h5-6,9,13H,2-4,7-8H2,1H3,(H,15,16). The molecule has 1 aliphatic heterocycles. The molecule has 0 bridgehead atoms. The lowest BCUT2D eigenvalue weighted by Gasteiger charge is -2.13. The normalized spacial score (nSPS) is 15.6. The Morgan fingerprint density at radius 3 is 2.79 bits per heavy atom. The lowest BCUT2D eigenvalue weighted by atomic mass is 10.2. The SMILES string of the molecule is CCCC(Sc1ccc2c(c1)OCCCO2)C(=O)O. The third-order valence-corrected chi connectivity index (χ3v) is 4.07. The molecule has 0 radical (unpaired) electrons. The highest BCUT2D eigenvalue weighted by Crippen LogP contribution is 2.36. The molecule has 0 saturated carbocycles. The van der Waals surface area contributed by atoms with E-state index in [1.807, 2.05) is 25.1 Å². The maximum atomic E-state index is 11.2. The molecule has 0 aromatic heterocycles. The molecule has 0 aliphatic carbocycles. The molecule has 0 fully saturated rings. The van der Waals surface area contributed by atoms with Crippen LogP contribution in [-0.4, -0.2) is 29.5 Å². The van der Waals surface area contributed by atoms with Gasteiger partial charge in [0.25, 0.3) is 0 Å². The van der Waals surface area contributed by atoms with Crippen LogP contribution >= 0.6 is 11.8 Å². The fourth-order valence-electron chi connectivity index (χ4n) is 1.88. The summed E-state index contributed by atoms with van der Waals surface area (Å²) in [5.41, 5.74) is 0. The van der Waals surface area contributed by atoms with Gasteiger partial charge in [-0.2, -0.15) is 0 Å². The molecule has 104 valence electrons. The zero-order valence-electron chi connectivity index (χ0n) is 10.9. The van der Waals surface area contributed by atoms with E-state index in [2.05, 4.69) is 0 Å². The number of benzene rings is 1. The van der Waals surface area contributed by atoms with Crippen LogP contribution in [0.5, 0.6) is 11.5 Å². The second-order valence-electron chi connectivity index (χ2n) is 4.39. The van der Waals surface area contributed by atoms with Crippen molar-refractivity contribution in [2.45, 2.75) is 36.3 Å². The van der Waals surface area contributed by atoms with Crippen molar-refractivity contribution in [3.63, 3.8) is 0 Å². The molecule has 1 aromatic carbocycles. The Kier molecular flexibility index (Phi) is 4.96. The quantitative estimate of drug-likeness (QED) is 0.840. The van der Waals surface area contributed by atoms with E-state index in [-0.39, 0.29) is 0 Å². The summed E-state index contributed by atoms with van der Waals surface area (Å²) in [6, 6.07) is 5.62. The van der Waals surface area contributed by atoms with Crippen LogP contribution in [0.3, 0.4) is 0 Å². The van der Waals surface area contributed by atoms with Crippen LogP contribution in [0.4, 0.5) is 0 Å². The van der Waals surface area contributed by atoms with E-state index in [0.29, 0.717) is 25.4 Å². The van der Waals surface area contributed by atoms with Gasteiger partial charge in [-0.3, -0.25) is 4.79 Å². The molecular formula is C14H18O4S. The minimum Gasteiger partial charge on any atom is -0.490 e. The fourth-order valence-corrected chi connectivity index (χ4v) is 2.98. The number of ether oxygens (including phenoxy) is 2. The summed E-state index contributed by atoms with van der Waals surface area (Å²) in [5, 5.41) is 8.76. The predicted molar refractivity (Wildman–Crippen MR) is 74.2 cm³/mol. The van der Waals surface area contributed by atoms with Crippen molar-refractivity contribution in [1.29, 1.82) is 0 Å². The van der Waals surface area contributed by atoms with Crippen LogP contribution < -0.4 is 9.47 Å². The molecule has 4 nitrogen and oxygen atoms in total. The Hall–Kier alpha value is -1.36. The Morgan fingerprint density at radius 1 is 1.37 bits per heavy atom. The molecule has 1 heterocycles. The van der Waals surface area contributed by atoms with Crippen molar-refractivity contribution in [1.82, 2.24) is 0 Å². The Bertz CT molecular complexity index is 447. The molecule has 0 spiro atoms. The Morgan fingerprint density at radius 2 is 2.11 bits per heavy atom. The second kappa shape index (κ2) is 6.70. The molecule has 5 heteroatoms. The van der Waals surface area contributed by atoms with Gasteiger partial charge in [0.05, 0.1) is 13.2 Å². The zero-order valence-corrected chi connectivity index (χ0v) is 11.7. The van der Waals surface area contributed by atoms with Crippen molar-refractivity contribution >= 4 is 17.7 Å². The molecule has 0 amide bonds. The van der Waals surface area contributed by atoms with E-state index >= 15 is 0 Å². The van der Waals surface area contributed by atoms with Crippen LogP contribution in [0.15, 0.2) is 23.1 Å². The lowest BCUT2D eigenvalue weighted by molar-refractivity contribution is -0.136. The topological polar surface area (TPSA) is 55.8 Å². The number of thioether (sulfide) groups is 1. The van der Waals surface area contributed by atoms with Crippen molar-refractivity contribution < 1.29 is 19.4 Å². The molecular weight excluding hydrogens is 264 g/mol. The van der Waals surface area contributed by atoms with Gasteiger partial charge in [0, 0.05) is 11.3 Å². The van der Waals surface area contributed by atoms with E-state index < -0.39 is 11.2 Å². The molecule has 2 rings (SSSR count). The van der Waals surface area contributed by atoms with E-state index in [1.54, 1.807) is 0 Å². The number of carboxylic acid groups (broad SMARTS) is 1. The van der Waals surface area contributed by atoms with Gasteiger partial charge in [-0.1, -0.05) is 13.3 Å². The van der Waals surface area contributed by atoms with Gasteiger partial charge in [-0.05, 0) is 24.6 Å². The molecule has 1 N–H and O–H groups in total. The van der Waals surface area contributed by atoms with E-state index in [9.17, 15) is 9.90 Å². The second-order valence-corrected chi connectivity index (χ2v) is 5.67. The number of carbonyl (C=O) groups is 1. The average molecular weight is 282 g/mol. The third-order valence-electron chi connectivity index (χ3n) is 2.82. The summed E-state index contributed by atoms with van der Waals surface area (Å²) in [7, 11) is 0. The molecule has 1 atom stereocenters. The molecule has 1 unspecified atom stereocenters. The van der Waals surface area contributed by atoms with Crippen molar-refractivity contribution in [3.8, 4) is 11.5 Å². The number of hydrogen-bond acceptors (Lipinski definition) is 4. The molecule has 0 saturated heterocycles. The van der Waals surface area contributed by atoms with Gasteiger partial charge in [-0.15, -0.1) is 11.8 Å². The van der Waals surface area contributed by atoms with E-state index in [1.165, 1.54) is 11.8 Å². The van der Waals surface area contributed by atoms with Crippen molar-refractivity contribution in [3.05, 3.63) is 18.2 Å². The summed E-state index contributed by atoms with van der Waals surface area (Å²) in [6.45, 7) is 3.29. The number of rotatable bonds is 5. The highest BCUT2D eigenvalue weighted by molar-refractivity contribution is 8.00. The summed E-state index contributed by atoms with van der Waals surface area (Å²) in [6.07, 6.45) is 2.38. The average Bonchev–Trinajstić information content (AvgIpc) is 2.62. The van der Waals surface area contributed by atoms with Gasteiger partial charge < -0.3 is 14.6 Å². The van der Waals surface area contributed by atoms with Crippen LogP contribution in [0, 0.1) is 0 Å². The summed E-state index contributed by atoms with van der Waals surface area (Å²) in [5.74, 6) is 0.686. The molecule has 19 heavy (non-hydrogen) atoms. The minimum absolute atomic E-state index is 0.408. The fraction of sp³-hybridized carbons (Fsp3) is 0.500. The van der Waals surface area contributed by atoms with E-state index in [0.717, 1.165) is 23.5 Å². The lowest BCUT2D eigenvalue weighted by Crippen LogP contribution is -2.15. The smallest absolute Gasteiger partial charge is 0.316 e. The van der Waals surface area contributed by atoms with Crippen LogP contribution in [0.1, 0.15) is 26.2 Å². The Balaban J connectivity index is 2.12. The monoisotopic (exact) mass is 282 g/mol. The van der Waals surface area contributed by atoms with Gasteiger partial charge in [0.1, 0.15) is 5.25 Å². The summed E-state index contributed by atoms with van der Waals surface area (Å²) in [4.78, 5) is 12.1. The number of fused-ring (bicyclic) bond motifs is 1. The number of hydrogen-bond donors (Lipinski definition) is 1. The summed E-state index contributed by atoms with van der Waals surface area (Å²) >= 11 is 1.37. The maximum absolute atomic E-state index is 11.2. The van der Waals surface area contributed by atoms with E-state index in [4.69, 9.17) is 9.47 Å². The maximum Gasteiger partial charge on any atom is 0.316 e. The number of carboxylic acids is 1. The highest BCUT2D eigenvalue weighted by Gasteiger charge is 2.19. The zero-order chi connectivity index (χ0) is 13.7. The molecule has 1 aromatic rings. The number of aliphatic carboxylic acids is 1. The Labute approximate surface area is 117 Å². The van der Waals surface area contributed by atoms with Gasteiger partial charge in [-0.25, -0.2) is 0 Å². The first-order valence-corrected chi connectivity index (χ1v) is 7.37. The predicted octanol–water partition coefficient (Wildman–Crippen LogP) is 3.19. The van der Waals surface area contributed by atoms with Crippen molar-refractivity contribution in [2.24, 2.45) is 0 Å². The minimum atomic E-state index is -0.765. The third kappa shape index (κ3) is 3.80. The van der Waals surface area contributed by atoms with Crippen molar-refractivity contribution in [2.75, 3.05) is 13.2 Å². The van der Waals surface area contributed by atoms with Gasteiger partial charge in [0.2, 0.25) is 0 Å². The molecule has 1 aliphatic rings. The van der Waals surface area contributed by atoms with Gasteiger partial charge in [0.15, 0.2) is 11.5 Å². The largest absolute Gasteiger partial charge is 0.490 e. The first-order valence-electron chi connectivity index (χ1n) is 6.50. The van der Waals surface area contributed by atoms with Crippen LogP contribution in [0.2, 0.25) is 0 Å². The summed E-state index contributed by atoms with van der Waals surface area (Å²) < 4.78 is 11.2. The first kappa shape index (κ1) is 14.1. The van der Waals surface area contributed by atoms with Gasteiger partial charge >= 0.3 is 5.97 Å². The van der Waals surface area contributed by atoms with Crippen LogP contribution in [-0.2, 0) is 4.79 Å². The highest BCUT2D eigenvalue weighted by atomic mass is 32.2. The van der Waals surface area contributed by atoms with Crippen LogP contribution in [0.25, 0.3) is 0 Å². The first-order chi connectivity index (χ1) is 9.20.